The number of ketones is 1. The van der Waals surface area contributed by atoms with E-state index in [1.807, 2.05) is 0 Å². The van der Waals surface area contributed by atoms with Crippen molar-refractivity contribution in [3.63, 3.8) is 0 Å². The molecule has 76 valence electrons. The van der Waals surface area contributed by atoms with Crippen LogP contribution in [0, 0.1) is 0 Å². The van der Waals surface area contributed by atoms with Crippen molar-refractivity contribution >= 4 is 11.8 Å². The van der Waals surface area contributed by atoms with Gasteiger partial charge in [-0.15, -0.1) is 0 Å². The second kappa shape index (κ2) is 5.58. The molecule has 0 aromatic heterocycles. The Morgan fingerprint density at radius 3 is 2.23 bits per heavy atom. The van der Waals surface area contributed by atoms with Gasteiger partial charge < -0.3 is 9.47 Å². The molecule has 0 unspecified atom stereocenters. The molecule has 0 amide bonds. The predicted molar refractivity (Wildman–Crippen MR) is 38.4 cm³/mol. The van der Waals surface area contributed by atoms with Gasteiger partial charge in [0, 0.05) is 7.11 Å². The fraction of sp³-hybridized carbons (Fsp3) is 0.714. The van der Waals surface area contributed by atoms with Gasteiger partial charge in [-0.1, -0.05) is 0 Å². The van der Waals surface area contributed by atoms with Crippen molar-refractivity contribution in [2.45, 2.75) is 19.5 Å². The Balaban J connectivity index is 4.32. The first-order chi connectivity index (χ1) is 6.04. The first-order valence-corrected chi connectivity index (χ1v) is 3.55. The molecule has 0 N–H and O–H groups in total. The average Bonchev–Trinajstić information content (AvgIpc) is 2.05. The van der Waals surface area contributed by atoms with E-state index in [1.54, 1.807) is 0 Å². The van der Waals surface area contributed by atoms with Crippen LogP contribution in [0.2, 0.25) is 0 Å². The number of rotatable bonds is 5. The third-order valence-electron chi connectivity index (χ3n) is 1.21. The van der Waals surface area contributed by atoms with Crippen molar-refractivity contribution in [3.05, 3.63) is 0 Å². The predicted octanol–water partition coefficient (Wildman–Crippen LogP) is 0.399. The van der Waals surface area contributed by atoms with E-state index in [4.69, 9.17) is 0 Å². The minimum Gasteiger partial charge on any atom is -0.464 e. The van der Waals surface area contributed by atoms with E-state index in [-0.39, 0.29) is 6.61 Å². The zero-order valence-corrected chi connectivity index (χ0v) is 7.25. The van der Waals surface area contributed by atoms with Crippen LogP contribution >= 0.6 is 0 Å². The van der Waals surface area contributed by atoms with Gasteiger partial charge in [0.25, 0.3) is 6.43 Å². The Morgan fingerprint density at radius 1 is 1.38 bits per heavy atom. The molecule has 0 rings (SSSR count). The largest absolute Gasteiger partial charge is 0.464 e. The summed E-state index contributed by atoms with van der Waals surface area (Å²) in [7, 11) is 0.988. The highest BCUT2D eigenvalue weighted by molar-refractivity contribution is 6.03. The SMILES string of the molecule is CCOC(=O)[C@@H](OC)C(=O)C(F)F. The van der Waals surface area contributed by atoms with Crippen LogP contribution in [0.3, 0.4) is 0 Å². The number of ether oxygens (including phenoxy) is 2. The van der Waals surface area contributed by atoms with E-state index in [1.165, 1.54) is 6.92 Å². The number of carbonyl (C=O) groups is 2. The van der Waals surface area contributed by atoms with Crippen LogP contribution < -0.4 is 0 Å². The Labute approximate surface area is 73.8 Å². The highest BCUT2D eigenvalue weighted by Gasteiger charge is 2.33. The van der Waals surface area contributed by atoms with E-state index in [9.17, 15) is 18.4 Å². The van der Waals surface area contributed by atoms with E-state index in [2.05, 4.69) is 9.47 Å². The van der Waals surface area contributed by atoms with E-state index >= 15 is 0 Å². The van der Waals surface area contributed by atoms with Gasteiger partial charge in [0.05, 0.1) is 6.61 Å². The average molecular weight is 196 g/mol. The number of methoxy groups -OCH3 is 1. The van der Waals surface area contributed by atoms with Gasteiger partial charge >= 0.3 is 5.97 Å². The Bertz CT molecular complexity index is 193. The molecule has 4 nitrogen and oxygen atoms in total. The van der Waals surface area contributed by atoms with Crippen LogP contribution in [0.4, 0.5) is 8.78 Å². The molecule has 0 aromatic rings. The number of carbonyl (C=O) groups excluding carboxylic acids is 2. The van der Waals surface area contributed by atoms with E-state index in [0.29, 0.717) is 0 Å². The summed E-state index contributed by atoms with van der Waals surface area (Å²) < 4.78 is 32.3. The lowest BCUT2D eigenvalue weighted by Gasteiger charge is -2.11. The standard InChI is InChI=1S/C7H10F2O4/c1-3-13-7(11)5(12-2)4(10)6(8)9/h5-6H,3H2,1-2H3/t5-/m0/s1. The van der Waals surface area contributed by atoms with Crippen LogP contribution in [-0.2, 0) is 19.1 Å². The van der Waals surface area contributed by atoms with Gasteiger partial charge in [0.15, 0.2) is 0 Å². The highest BCUT2D eigenvalue weighted by Crippen LogP contribution is 2.04. The van der Waals surface area contributed by atoms with Gasteiger partial charge in [-0.3, -0.25) is 4.79 Å². The molecule has 0 saturated heterocycles. The smallest absolute Gasteiger partial charge is 0.343 e. The van der Waals surface area contributed by atoms with Crippen LogP contribution in [-0.4, -0.2) is 38.0 Å². The molecular weight excluding hydrogens is 186 g/mol. The number of alkyl halides is 2. The first-order valence-electron chi connectivity index (χ1n) is 3.55. The third kappa shape index (κ3) is 3.45. The molecule has 0 aliphatic heterocycles. The van der Waals surface area contributed by atoms with Gasteiger partial charge in [0.1, 0.15) is 0 Å². The van der Waals surface area contributed by atoms with Crippen LogP contribution in [0.25, 0.3) is 0 Å². The minimum absolute atomic E-state index is 0.00914. The Morgan fingerprint density at radius 2 is 1.92 bits per heavy atom. The monoisotopic (exact) mass is 196 g/mol. The normalized spacial score (nSPS) is 12.7. The van der Waals surface area contributed by atoms with Gasteiger partial charge in [-0.2, -0.15) is 0 Å². The van der Waals surface area contributed by atoms with Crippen LogP contribution in [0.1, 0.15) is 6.92 Å². The number of Topliss-reactive ketones (excluding diaryl/α,β-unsaturated/α-hetero) is 1. The fourth-order valence-corrected chi connectivity index (χ4v) is 0.661. The first kappa shape index (κ1) is 12.0. The van der Waals surface area contributed by atoms with Crippen LogP contribution in [0.5, 0.6) is 0 Å². The molecule has 13 heavy (non-hydrogen) atoms. The lowest BCUT2D eigenvalue weighted by Crippen LogP contribution is -2.37. The van der Waals surface area contributed by atoms with Gasteiger partial charge in [-0.25, -0.2) is 13.6 Å². The molecular formula is C7H10F2O4. The molecule has 0 radical (unpaired) electrons. The second-order valence-electron chi connectivity index (χ2n) is 2.07. The van der Waals surface area contributed by atoms with Crippen molar-refractivity contribution in [1.29, 1.82) is 0 Å². The van der Waals surface area contributed by atoms with Crippen molar-refractivity contribution in [2.24, 2.45) is 0 Å². The minimum atomic E-state index is -3.23. The lowest BCUT2D eigenvalue weighted by atomic mass is 10.2. The number of esters is 1. The highest BCUT2D eigenvalue weighted by atomic mass is 19.3. The summed E-state index contributed by atoms with van der Waals surface area (Å²) in [6.07, 6.45) is -5.05. The summed E-state index contributed by atoms with van der Waals surface area (Å²) in [4.78, 5) is 21.4. The molecule has 0 aromatic carbocycles. The summed E-state index contributed by atoms with van der Waals surface area (Å²) in [5, 5.41) is 0. The van der Waals surface area contributed by atoms with Crippen LogP contribution in [0.15, 0.2) is 0 Å². The third-order valence-corrected chi connectivity index (χ3v) is 1.21. The lowest BCUT2D eigenvalue weighted by molar-refractivity contribution is -0.163. The summed E-state index contributed by atoms with van der Waals surface area (Å²) in [5.74, 6) is -2.67. The van der Waals surface area contributed by atoms with E-state index < -0.39 is 24.3 Å². The molecule has 6 heteroatoms. The van der Waals surface area contributed by atoms with Crippen molar-refractivity contribution in [3.8, 4) is 0 Å². The molecule has 0 aliphatic carbocycles. The number of halogens is 2. The van der Waals surface area contributed by atoms with E-state index in [0.717, 1.165) is 7.11 Å². The maximum Gasteiger partial charge on any atom is 0.343 e. The van der Waals surface area contributed by atoms with Gasteiger partial charge in [0.2, 0.25) is 11.9 Å². The number of hydrogen-bond donors (Lipinski definition) is 0. The fourth-order valence-electron chi connectivity index (χ4n) is 0.661. The molecule has 0 aliphatic rings. The molecule has 0 fully saturated rings. The topological polar surface area (TPSA) is 52.6 Å². The van der Waals surface area contributed by atoms with Crippen molar-refractivity contribution in [1.82, 2.24) is 0 Å². The molecule has 1 atom stereocenters. The second-order valence-corrected chi connectivity index (χ2v) is 2.07. The number of hydrogen-bond acceptors (Lipinski definition) is 4. The summed E-state index contributed by atoms with van der Waals surface area (Å²) in [5.41, 5.74) is 0. The van der Waals surface area contributed by atoms with Crippen molar-refractivity contribution < 1.29 is 27.8 Å². The molecule has 0 spiro atoms. The zero-order valence-electron chi connectivity index (χ0n) is 7.25. The molecule has 0 saturated carbocycles. The quantitative estimate of drug-likeness (QED) is 0.471. The maximum atomic E-state index is 11.8. The summed E-state index contributed by atoms with van der Waals surface area (Å²) in [6, 6.07) is 0. The zero-order chi connectivity index (χ0) is 10.4. The maximum absolute atomic E-state index is 11.8. The summed E-state index contributed by atoms with van der Waals surface area (Å²) in [6.45, 7) is 1.51. The summed E-state index contributed by atoms with van der Waals surface area (Å²) >= 11 is 0. The molecule has 0 heterocycles. The Hall–Kier alpha value is -1.04. The van der Waals surface area contributed by atoms with Gasteiger partial charge in [-0.05, 0) is 6.92 Å². The Kier molecular flexibility index (Phi) is 5.13. The van der Waals surface area contributed by atoms with Crippen molar-refractivity contribution in [2.75, 3.05) is 13.7 Å². The molecule has 0 bridgehead atoms.